The molecule has 3 nitrogen and oxygen atoms in total. The van der Waals surface area contributed by atoms with E-state index >= 15 is 0 Å². The van der Waals surface area contributed by atoms with Gasteiger partial charge in [0, 0.05) is 6.07 Å². The summed E-state index contributed by atoms with van der Waals surface area (Å²) in [6.45, 7) is 2.51. The minimum Gasteiger partial charge on any atom is -0.492 e. The standard InChI is InChI=1S/C6H7ClN2O/c1-2-10-5-3-6(7)9-8-4-5/h3-4H,2H2,1H3. The maximum atomic E-state index is 5.53. The van der Waals surface area contributed by atoms with Crippen molar-refractivity contribution in [1.82, 2.24) is 10.2 Å². The van der Waals surface area contributed by atoms with Crippen LogP contribution >= 0.6 is 11.6 Å². The van der Waals surface area contributed by atoms with Crippen LogP contribution in [0.1, 0.15) is 6.92 Å². The summed E-state index contributed by atoms with van der Waals surface area (Å²) in [7, 11) is 0. The molecule has 0 amide bonds. The van der Waals surface area contributed by atoms with Gasteiger partial charge >= 0.3 is 0 Å². The molecular formula is C6H7ClN2O. The average molecular weight is 159 g/mol. The Kier molecular flexibility index (Phi) is 2.45. The molecule has 0 spiro atoms. The largest absolute Gasteiger partial charge is 0.492 e. The molecule has 4 heteroatoms. The first-order valence-corrected chi connectivity index (χ1v) is 3.31. The molecule has 0 unspecified atom stereocenters. The molecule has 0 atom stereocenters. The number of nitrogens with zero attached hydrogens (tertiary/aromatic N) is 2. The Bertz CT molecular complexity index is 217. The summed E-state index contributed by atoms with van der Waals surface area (Å²) in [6, 6.07) is 1.62. The highest BCUT2D eigenvalue weighted by molar-refractivity contribution is 6.29. The van der Waals surface area contributed by atoms with E-state index in [0.29, 0.717) is 17.5 Å². The number of hydrogen-bond donors (Lipinski definition) is 0. The molecule has 0 aromatic carbocycles. The Balaban J connectivity index is 2.75. The quantitative estimate of drug-likeness (QED) is 0.655. The molecule has 0 aliphatic heterocycles. The second kappa shape index (κ2) is 3.37. The van der Waals surface area contributed by atoms with Gasteiger partial charge < -0.3 is 4.74 Å². The second-order valence-corrected chi connectivity index (χ2v) is 2.03. The van der Waals surface area contributed by atoms with Crippen LogP contribution in [0.15, 0.2) is 12.3 Å². The fourth-order valence-corrected chi connectivity index (χ4v) is 0.721. The van der Waals surface area contributed by atoms with E-state index in [0.717, 1.165) is 0 Å². The number of ether oxygens (including phenoxy) is 1. The zero-order chi connectivity index (χ0) is 7.40. The van der Waals surface area contributed by atoms with Crippen LogP contribution in [0, 0.1) is 0 Å². The Morgan fingerprint density at radius 3 is 3.10 bits per heavy atom. The molecule has 0 aliphatic rings. The van der Waals surface area contributed by atoms with Crippen molar-refractivity contribution in [3.63, 3.8) is 0 Å². The molecular weight excluding hydrogens is 152 g/mol. The van der Waals surface area contributed by atoms with Crippen LogP contribution < -0.4 is 4.74 Å². The van der Waals surface area contributed by atoms with Gasteiger partial charge in [0.05, 0.1) is 12.8 Å². The molecule has 0 N–H and O–H groups in total. The number of halogens is 1. The smallest absolute Gasteiger partial charge is 0.155 e. The lowest BCUT2D eigenvalue weighted by molar-refractivity contribution is 0.338. The van der Waals surface area contributed by atoms with Crippen LogP contribution in [0.5, 0.6) is 5.75 Å². The maximum Gasteiger partial charge on any atom is 0.155 e. The van der Waals surface area contributed by atoms with E-state index in [9.17, 15) is 0 Å². The van der Waals surface area contributed by atoms with Crippen molar-refractivity contribution >= 4 is 11.6 Å². The molecule has 1 aromatic heterocycles. The van der Waals surface area contributed by atoms with Gasteiger partial charge in [-0.05, 0) is 6.92 Å². The van der Waals surface area contributed by atoms with Crippen LogP contribution in [-0.2, 0) is 0 Å². The van der Waals surface area contributed by atoms with Crippen LogP contribution in [0.4, 0.5) is 0 Å². The Hall–Kier alpha value is -0.830. The van der Waals surface area contributed by atoms with Gasteiger partial charge in [0.25, 0.3) is 0 Å². The lowest BCUT2D eigenvalue weighted by Crippen LogP contribution is -1.92. The van der Waals surface area contributed by atoms with E-state index in [1.807, 2.05) is 6.92 Å². The molecule has 1 aromatic rings. The first-order chi connectivity index (χ1) is 4.83. The molecule has 0 saturated carbocycles. The van der Waals surface area contributed by atoms with Gasteiger partial charge in [-0.2, -0.15) is 5.10 Å². The summed E-state index contributed by atoms with van der Waals surface area (Å²) in [4.78, 5) is 0. The Labute approximate surface area is 64.0 Å². The molecule has 54 valence electrons. The third-order valence-electron chi connectivity index (χ3n) is 0.911. The number of aromatic nitrogens is 2. The fraction of sp³-hybridized carbons (Fsp3) is 0.333. The van der Waals surface area contributed by atoms with Crippen molar-refractivity contribution in [1.29, 1.82) is 0 Å². The van der Waals surface area contributed by atoms with Crippen molar-refractivity contribution in [2.75, 3.05) is 6.61 Å². The minimum atomic E-state index is 0.353. The second-order valence-electron chi connectivity index (χ2n) is 1.65. The molecule has 0 aliphatic carbocycles. The maximum absolute atomic E-state index is 5.53. The Morgan fingerprint density at radius 1 is 1.70 bits per heavy atom. The summed E-state index contributed by atoms with van der Waals surface area (Å²) in [5.41, 5.74) is 0. The van der Waals surface area contributed by atoms with E-state index < -0.39 is 0 Å². The first kappa shape index (κ1) is 7.28. The van der Waals surface area contributed by atoms with E-state index in [1.54, 1.807) is 6.07 Å². The summed E-state index contributed by atoms with van der Waals surface area (Å²) < 4.78 is 5.10. The van der Waals surface area contributed by atoms with E-state index in [-0.39, 0.29) is 0 Å². The lowest BCUT2D eigenvalue weighted by atomic mass is 10.5. The van der Waals surface area contributed by atoms with Gasteiger partial charge in [0.1, 0.15) is 5.75 Å². The van der Waals surface area contributed by atoms with Gasteiger partial charge in [0.2, 0.25) is 0 Å². The predicted molar refractivity (Wildman–Crippen MR) is 38.2 cm³/mol. The molecule has 1 rings (SSSR count). The first-order valence-electron chi connectivity index (χ1n) is 2.94. The monoisotopic (exact) mass is 158 g/mol. The number of hydrogen-bond acceptors (Lipinski definition) is 3. The highest BCUT2D eigenvalue weighted by Crippen LogP contribution is 2.11. The van der Waals surface area contributed by atoms with Gasteiger partial charge in [-0.3, -0.25) is 0 Å². The van der Waals surface area contributed by atoms with Gasteiger partial charge in [-0.25, -0.2) is 0 Å². The highest BCUT2D eigenvalue weighted by atomic mass is 35.5. The zero-order valence-electron chi connectivity index (χ0n) is 5.54. The van der Waals surface area contributed by atoms with Gasteiger partial charge in [-0.1, -0.05) is 11.6 Å². The molecule has 1 heterocycles. The minimum absolute atomic E-state index is 0.353. The topological polar surface area (TPSA) is 35.0 Å². The SMILES string of the molecule is CCOc1cnnc(Cl)c1. The van der Waals surface area contributed by atoms with Gasteiger partial charge in [0.15, 0.2) is 5.15 Å². The normalized spacial score (nSPS) is 9.40. The Morgan fingerprint density at radius 2 is 2.50 bits per heavy atom. The summed E-state index contributed by atoms with van der Waals surface area (Å²) in [5, 5.41) is 7.51. The molecule has 0 saturated heterocycles. The van der Waals surface area contributed by atoms with Crippen molar-refractivity contribution in [2.24, 2.45) is 0 Å². The van der Waals surface area contributed by atoms with Crippen molar-refractivity contribution in [2.45, 2.75) is 6.92 Å². The zero-order valence-corrected chi connectivity index (χ0v) is 6.30. The van der Waals surface area contributed by atoms with Crippen LogP contribution in [0.3, 0.4) is 0 Å². The van der Waals surface area contributed by atoms with E-state index in [1.165, 1.54) is 6.20 Å². The summed E-state index contributed by atoms with van der Waals surface area (Å²) in [6.07, 6.45) is 1.52. The summed E-state index contributed by atoms with van der Waals surface area (Å²) in [5.74, 6) is 0.655. The lowest BCUT2D eigenvalue weighted by Gasteiger charge is -1.99. The molecule has 0 radical (unpaired) electrons. The predicted octanol–water partition coefficient (Wildman–Crippen LogP) is 1.53. The van der Waals surface area contributed by atoms with Crippen LogP contribution in [-0.4, -0.2) is 16.8 Å². The third kappa shape index (κ3) is 1.84. The third-order valence-corrected chi connectivity index (χ3v) is 1.10. The molecule has 10 heavy (non-hydrogen) atoms. The number of rotatable bonds is 2. The molecule has 0 bridgehead atoms. The highest BCUT2D eigenvalue weighted by Gasteiger charge is 1.93. The van der Waals surface area contributed by atoms with Crippen LogP contribution in [0.25, 0.3) is 0 Å². The van der Waals surface area contributed by atoms with Crippen LogP contribution in [0.2, 0.25) is 5.15 Å². The fourth-order valence-electron chi connectivity index (χ4n) is 0.570. The summed E-state index contributed by atoms with van der Waals surface area (Å²) >= 11 is 5.53. The molecule has 0 fully saturated rings. The van der Waals surface area contributed by atoms with Crippen molar-refractivity contribution in [3.05, 3.63) is 17.4 Å². The van der Waals surface area contributed by atoms with E-state index in [4.69, 9.17) is 16.3 Å². The van der Waals surface area contributed by atoms with Gasteiger partial charge in [-0.15, -0.1) is 5.10 Å². The van der Waals surface area contributed by atoms with E-state index in [2.05, 4.69) is 10.2 Å². The van der Waals surface area contributed by atoms with Crippen molar-refractivity contribution < 1.29 is 4.74 Å². The van der Waals surface area contributed by atoms with Crippen molar-refractivity contribution in [3.8, 4) is 5.75 Å². The average Bonchev–Trinajstić information content (AvgIpc) is 1.88.